The lowest BCUT2D eigenvalue weighted by Crippen LogP contribution is -2.45. The maximum absolute atomic E-state index is 13.6. The number of carbonyl (C=O) groups is 1. The van der Waals surface area contributed by atoms with Crippen LogP contribution in [0.1, 0.15) is 17.3 Å². The van der Waals surface area contributed by atoms with Gasteiger partial charge in [0.25, 0.3) is 0 Å². The summed E-state index contributed by atoms with van der Waals surface area (Å²) in [6.45, 7) is 2.80. The zero-order chi connectivity index (χ0) is 16.9. The number of morpholine rings is 1. The molecule has 0 bridgehead atoms. The first-order chi connectivity index (χ1) is 11.6. The molecule has 1 aliphatic heterocycles. The van der Waals surface area contributed by atoms with Crippen LogP contribution in [-0.4, -0.2) is 46.9 Å². The lowest BCUT2D eigenvalue weighted by atomic mass is 10.0. The predicted molar refractivity (Wildman–Crippen MR) is 86.6 cm³/mol. The van der Waals surface area contributed by atoms with E-state index >= 15 is 0 Å². The van der Waals surface area contributed by atoms with Gasteiger partial charge in [-0.3, -0.25) is 14.4 Å². The molecule has 1 N–H and O–H groups in total. The zero-order valence-corrected chi connectivity index (χ0v) is 13.6. The number of amides is 1. The van der Waals surface area contributed by atoms with E-state index in [9.17, 15) is 9.18 Å². The van der Waals surface area contributed by atoms with E-state index in [1.807, 2.05) is 18.0 Å². The van der Waals surface area contributed by atoms with Crippen molar-refractivity contribution in [3.05, 3.63) is 53.6 Å². The van der Waals surface area contributed by atoms with Crippen molar-refractivity contribution in [1.82, 2.24) is 20.0 Å². The van der Waals surface area contributed by atoms with Crippen molar-refractivity contribution < 1.29 is 13.9 Å². The Morgan fingerprint density at radius 3 is 2.83 bits per heavy atom. The van der Waals surface area contributed by atoms with Gasteiger partial charge in [0, 0.05) is 26.3 Å². The first kappa shape index (κ1) is 16.6. The molecule has 0 radical (unpaired) electrons. The Balaban J connectivity index is 1.78. The Kier molecular flexibility index (Phi) is 5.22. The lowest BCUT2D eigenvalue weighted by molar-refractivity contribution is -0.128. The molecule has 7 heteroatoms. The molecule has 1 saturated heterocycles. The molecule has 24 heavy (non-hydrogen) atoms. The summed E-state index contributed by atoms with van der Waals surface area (Å²) in [5.41, 5.74) is 1.56. The van der Waals surface area contributed by atoms with E-state index < -0.39 is 6.04 Å². The molecule has 3 rings (SSSR count). The number of hydrogen-bond acceptors (Lipinski definition) is 4. The highest BCUT2D eigenvalue weighted by molar-refractivity contribution is 5.83. The van der Waals surface area contributed by atoms with E-state index in [1.54, 1.807) is 23.0 Å². The summed E-state index contributed by atoms with van der Waals surface area (Å²) in [6, 6.07) is 7.54. The van der Waals surface area contributed by atoms with Crippen LogP contribution in [0.4, 0.5) is 4.39 Å². The van der Waals surface area contributed by atoms with Crippen LogP contribution in [-0.2, 0) is 23.1 Å². The van der Waals surface area contributed by atoms with Crippen molar-refractivity contribution >= 4 is 5.91 Å². The van der Waals surface area contributed by atoms with E-state index in [4.69, 9.17) is 4.74 Å². The topological polar surface area (TPSA) is 59.4 Å². The number of nitrogens with one attached hydrogen (secondary N) is 1. The first-order valence-electron chi connectivity index (χ1n) is 7.97. The molecule has 1 amide bonds. The summed E-state index contributed by atoms with van der Waals surface area (Å²) in [5.74, 6) is -0.492. The second kappa shape index (κ2) is 7.55. The van der Waals surface area contributed by atoms with Crippen molar-refractivity contribution in [2.24, 2.45) is 7.05 Å². The molecule has 0 saturated carbocycles. The number of halogens is 1. The standard InChI is InChI=1S/C17H21FN4O2/c1-21-15(5-6-20-21)12-19-17(23)16(22-7-9-24-10-8-22)13-3-2-4-14(18)11-13/h2-6,11,16H,7-10,12H2,1H3,(H,19,23)/t16-/m0/s1. The molecule has 0 spiro atoms. The Bertz CT molecular complexity index is 697. The smallest absolute Gasteiger partial charge is 0.242 e. The van der Waals surface area contributed by atoms with Gasteiger partial charge in [-0.1, -0.05) is 12.1 Å². The van der Waals surface area contributed by atoms with Gasteiger partial charge < -0.3 is 10.1 Å². The molecule has 2 aromatic rings. The largest absolute Gasteiger partial charge is 0.379 e. The molecule has 1 aromatic carbocycles. The quantitative estimate of drug-likeness (QED) is 0.895. The highest BCUT2D eigenvalue weighted by Gasteiger charge is 2.29. The van der Waals surface area contributed by atoms with E-state index in [-0.39, 0.29) is 11.7 Å². The van der Waals surface area contributed by atoms with Crippen molar-refractivity contribution in [2.45, 2.75) is 12.6 Å². The second-order valence-electron chi connectivity index (χ2n) is 5.77. The molecular formula is C17H21FN4O2. The van der Waals surface area contributed by atoms with E-state index in [1.165, 1.54) is 12.1 Å². The summed E-state index contributed by atoms with van der Waals surface area (Å²) in [4.78, 5) is 14.8. The number of nitrogens with zero attached hydrogens (tertiary/aromatic N) is 3. The summed E-state index contributed by atoms with van der Waals surface area (Å²) >= 11 is 0. The van der Waals surface area contributed by atoms with Crippen molar-refractivity contribution in [2.75, 3.05) is 26.3 Å². The number of hydrogen-bond donors (Lipinski definition) is 1. The second-order valence-corrected chi connectivity index (χ2v) is 5.77. The van der Waals surface area contributed by atoms with Crippen molar-refractivity contribution in [3.63, 3.8) is 0 Å². The third kappa shape index (κ3) is 3.80. The minimum absolute atomic E-state index is 0.149. The molecule has 128 valence electrons. The number of aromatic nitrogens is 2. The van der Waals surface area contributed by atoms with Gasteiger partial charge in [0.2, 0.25) is 5.91 Å². The summed E-state index contributed by atoms with van der Waals surface area (Å²) < 4.78 is 20.7. The van der Waals surface area contributed by atoms with Crippen LogP contribution in [0.3, 0.4) is 0 Å². The van der Waals surface area contributed by atoms with Gasteiger partial charge in [0.1, 0.15) is 11.9 Å². The van der Waals surface area contributed by atoms with Crippen LogP contribution in [0.5, 0.6) is 0 Å². The summed E-state index contributed by atoms with van der Waals surface area (Å²) in [7, 11) is 1.83. The molecule has 2 heterocycles. The van der Waals surface area contributed by atoms with Gasteiger partial charge in [0.05, 0.1) is 25.5 Å². The normalized spacial score (nSPS) is 16.8. The maximum atomic E-state index is 13.6. The maximum Gasteiger partial charge on any atom is 0.242 e. The highest BCUT2D eigenvalue weighted by atomic mass is 19.1. The van der Waals surface area contributed by atoms with Crippen LogP contribution < -0.4 is 5.32 Å². The predicted octanol–water partition coefficient (Wildman–Crippen LogP) is 1.25. The molecule has 1 aliphatic rings. The van der Waals surface area contributed by atoms with Gasteiger partial charge >= 0.3 is 0 Å². The third-order valence-corrected chi connectivity index (χ3v) is 4.19. The van der Waals surface area contributed by atoms with E-state index in [2.05, 4.69) is 10.4 Å². The van der Waals surface area contributed by atoms with Gasteiger partial charge in [0.15, 0.2) is 0 Å². The monoisotopic (exact) mass is 332 g/mol. The molecule has 1 aromatic heterocycles. The summed E-state index contributed by atoms with van der Waals surface area (Å²) in [5, 5.41) is 7.02. The van der Waals surface area contributed by atoms with Crippen molar-refractivity contribution in [1.29, 1.82) is 0 Å². The summed E-state index contributed by atoms with van der Waals surface area (Å²) in [6.07, 6.45) is 1.69. The molecular weight excluding hydrogens is 311 g/mol. The highest BCUT2D eigenvalue weighted by Crippen LogP contribution is 2.23. The molecule has 0 unspecified atom stereocenters. The Morgan fingerprint density at radius 1 is 1.38 bits per heavy atom. The van der Waals surface area contributed by atoms with Crippen LogP contribution in [0, 0.1) is 5.82 Å². The third-order valence-electron chi connectivity index (χ3n) is 4.19. The zero-order valence-electron chi connectivity index (χ0n) is 13.6. The molecule has 6 nitrogen and oxygen atoms in total. The molecule has 1 atom stereocenters. The van der Waals surface area contributed by atoms with Crippen molar-refractivity contribution in [3.8, 4) is 0 Å². The van der Waals surface area contributed by atoms with Crippen LogP contribution >= 0.6 is 0 Å². The SMILES string of the molecule is Cn1nccc1CNC(=O)[C@H](c1cccc(F)c1)N1CCOCC1. The fraction of sp³-hybridized carbons (Fsp3) is 0.412. The Labute approximate surface area is 140 Å². The molecule has 1 fully saturated rings. The van der Waals surface area contributed by atoms with E-state index in [0.29, 0.717) is 38.4 Å². The number of carbonyl (C=O) groups excluding carboxylic acids is 1. The number of benzene rings is 1. The number of rotatable bonds is 5. The van der Waals surface area contributed by atoms with E-state index in [0.717, 1.165) is 5.69 Å². The van der Waals surface area contributed by atoms with Gasteiger partial charge in [-0.05, 0) is 23.8 Å². The van der Waals surface area contributed by atoms with Gasteiger partial charge in [-0.25, -0.2) is 4.39 Å². The fourth-order valence-electron chi connectivity index (χ4n) is 2.89. The molecule has 0 aliphatic carbocycles. The number of ether oxygens (including phenoxy) is 1. The minimum atomic E-state index is -0.530. The van der Waals surface area contributed by atoms with Crippen LogP contribution in [0.2, 0.25) is 0 Å². The van der Waals surface area contributed by atoms with Crippen LogP contribution in [0.25, 0.3) is 0 Å². The van der Waals surface area contributed by atoms with Crippen LogP contribution in [0.15, 0.2) is 36.5 Å². The fourth-order valence-corrected chi connectivity index (χ4v) is 2.89. The Hall–Kier alpha value is -2.25. The average molecular weight is 332 g/mol. The van der Waals surface area contributed by atoms with Gasteiger partial charge in [-0.15, -0.1) is 0 Å². The minimum Gasteiger partial charge on any atom is -0.379 e. The Morgan fingerprint density at radius 2 is 2.17 bits per heavy atom. The average Bonchev–Trinajstić information content (AvgIpc) is 2.99. The first-order valence-corrected chi connectivity index (χ1v) is 7.97. The van der Waals surface area contributed by atoms with Gasteiger partial charge in [-0.2, -0.15) is 5.10 Å². The lowest BCUT2D eigenvalue weighted by Gasteiger charge is -2.33. The number of aryl methyl sites for hydroxylation is 1.